The number of benzene rings is 2. The maximum Gasteiger partial charge on any atom is 0.311 e. The fourth-order valence-corrected chi connectivity index (χ4v) is 3.04. The molecule has 9 heteroatoms. The molecule has 3 rings (SSSR count). The largest absolute Gasteiger partial charge is 0.455 e. The lowest BCUT2D eigenvalue weighted by atomic mass is 10.1. The number of esters is 1. The number of rotatable bonds is 6. The van der Waals surface area contributed by atoms with Crippen LogP contribution in [0.3, 0.4) is 0 Å². The Kier molecular flexibility index (Phi) is 5.87. The van der Waals surface area contributed by atoms with E-state index in [2.05, 4.69) is 5.32 Å². The van der Waals surface area contributed by atoms with Crippen molar-refractivity contribution in [2.75, 3.05) is 23.4 Å². The Morgan fingerprint density at radius 2 is 1.97 bits per heavy atom. The molecular formula is C20H19N3O6. The van der Waals surface area contributed by atoms with E-state index in [0.717, 1.165) is 5.56 Å². The highest BCUT2D eigenvalue weighted by atomic mass is 16.6. The van der Waals surface area contributed by atoms with E-state index in [1.165, 1.54) is 29.2 Å². The van der Waals surface area contributed by atoms with Gasteiger partial charge in [0.25, 0.3) is 11.6 Å². The highest BCUT2D eigenvalue weighted by Gasteiger charge is 2.36. The Hall–Kier alpha value is -3.75. The van der Waals surface area contributed by atoms with Gasteiger partial charge in [-0.1, -0.05) is 12.1 Å². The Bertz CT molecular complexity index is 957. The molecule has 150 valence electrons. The first-order valence-electron chi connectivity index (χ1n) is 8.91. The van der Waals surface area contributed by atoms with E-state index in [-0.39, 0.29) is 24.6 Å². The first-order valence-corrected chi connectivity index (χ1v) is 8.91. The van der Waals surface area contributed by atoms with Gasteiger partial charge in [-0.15, -0.1) is 0 Å². The average Bonchev–Trinajstić information content (AvgIpc) is 3.08. The van der Waals surface area contributed by atoms with Crippen molar-refractivity contribution in [3.8, 4) is 0 Å². The number of non-ortho nitro benzene ring substituents is 1. The minimum absolute atomic E-state index is 0.0463. The first-order chi connectivity index (χ1) is 13.8. The predicted molar refractivity (Wildman–Crippen MR) is 104 cm³/mol. The topological polar surface area (TPSA) is 119 Å². The van der Waals surface area contributed by atoms with Gasteiger partial charge in [0.05, 0.1) is 10.8 Å². The van der Waals surface area contributed by atoms with Gasteiger partial charge in [-0.05, 0) is 36.8 Å². The Morgan fingerprint density at radius 3 is 2.62 bits per heavy atom. The summed E-state index contributed by atoms with van der Waals surface area (Å²) in [5.41, 5.74) is 1.96. The molecule has 0 aliphatic carbocycles. The van der Waals surface area contributed by atoms with Crippen molar-refractivity contribution >= 4 is 34.8 Å². The molecule has 1 N–H and O–H groups in total. The van der Waals surface area contributed by atoms with Crippen molar-refractivity contribution in [3.63, 3.8) is 0 Å². The van der Waals surface area contributed by atoms with E-state index >= 15 is 0 Å². The summed E-state index contributed by atoms with van der Waals surface area (Å²) in [6, 6.07) is 12.7. The number of nitrogens with one attached hydrogen (secondary N) is 1. The molecular weight excluding hydrogens is 378 g/mol. The minimum atomic E-state index is -0.704. The fourth-order valence-electron chi connectivity index (χ4n) is 3.04. The predicted octanol–water partition coefficient (Wildman–Crippen LogP) is 2.44. The van der Waals surface area contributed by atoms with Gasteiger partial charge in [-0.25, -0.2) is 0 Å². The zero-order valence-corrected chi connectivity index (χ0v) is 15.7. The molecule has 1 aliphatic rings. The van der Waals surface area contributed by atoms with Gasteiger partial charge in [0, 0.05) is 36.5 Å². The molecule has 2 aromatic rings. The number of amides is 2. The van der Waals surface area contributed by atoms with Crippen LogP contribution in [0.15, 0.2) is 48.5 Å². The number of nitro benzene ring substituents is 1. The van der Waals surface area contributed by atoms with E-state index in [9.17, 15) is 24.5 Å². The second-order valence-corrected chi connectivity index (χ2v) is 6.70. The molecule has 9 nitrogen and oxygen atoms in total. The number of hydrogen-bond donors (Lipinski definition) is 1. The van der Waals surface area contributed by atoms with Crippen LogP contribution in [0.4, 0.5) is 17.1 Å². The van der Waals surface area contributed by atoms with Crippen LogP contribution in [-0.4, -0.2) is 35.9 Å². The monoisotopic (exact) mass is 397 g/mol. The molecule has 1 fully saturated rings. The van der Waals surface area contributed by atoms with Crippen LogP contribution in [-0.2, 0) is 19.1 Å². The van der Waals surface area contributed by atoms with Crippen LogP contribution < -0.4 is 10.2 Å². The van der Waals surface area contributed by atoms with Gasteiger partial charge in [-0.3, -0.25) is 24.5 Å². The maximum absolute atomic E-state index is 12.3. The fraction of sp³-hybridized carbons (Fsp3) is 0.250. The number of hydrogen-bond acceptors (Lipinski definition) is 6. The van der Waals surface area contributed by atoms with Crippen molar-refractivity contribution in [2.24, 2.45) is 5.92 Å². The highest BCUT2D eigenvalue weighted by molar-refractivity contribution is 6.00. The summed E-state index contributed by atoms with van der Waals surface area (Å²) in [6.07, 6.45) is -0.0463. The number of nitrogens with zero attached hydrogens (tertiary/aromatic N) is 2. The van der Waals surface area contributed by atoms with E-state index in [4.69, 9.17) is 4.74 Å². The Labute approximate surface area is 166 Å². The zero-order valence-electron chi connectivity index (χ0n) is 15.7. The first kappa shape index (κ1) is 20.0. The van der Waals surface area contributed by atoms with Crippen LogP contribution >= 0.6 is 0 Å². The Balaban J connectivity index is 1.53. The minimum Gasteiger partial charge on any atom is -0.455 e. The van der Waals surface area contributed by atoms with Crippen LogP contribution in [0.25, 0.3) is 0 Å². The molecule has 0 radical (unpaired) electrons. The van der Waals surface area contributed by atoms with Crippen LogP contribution in [0.5, 0.6) is 0 Å². The molecule has 0 aromatic heterocycles. The molecule has 0 unspecified atom stereocenters. The number of nitro groups is 1. The van der Waals surface area contributed by atoms with Crippen LogP contribution in [0.2, 0.25) is 0 Å². The van der Waals surface area contributed by atoms with Crippen LogP contribution in [0, 0.1) is 23.0 Å². The second kappa shape index (κ2) is 8.51. The summed E-state index contributed by atoms with van der Waals surface area (Å²) >= 11 is 0. The molecule has 1 heterocycles. The molecule has 0 saturated carbocycles. The lowest BCUT2D eigenvalue weighted by Gasteiger charge is -2.16. The summed E-state index contributed by atoms with van der Waals surface area (Å²) in [6.45, 7) is 1.54. The van der Waals surface area contributed by atoms with E-state index in [1.54, 1.807) is 18.2 Å². The quantitative estimate of drug-likeness (QED) is 0.454. The van der Waals surface area contributed by atoms with Gasteiger partial charge in [0.1, 0.15) is 0 Å². The number of ether oxygens (including phenoxy) is 1. The van der Waals surface area contributed by atoms with Crippen LogP contribution in [0.1, 0.15) is 12.0 Å². The highest BCUT2D eigenvalue weighted by Crippen LogP contribution is 2.27. The number of aryl methyl sites for hydroxylation is 1. The van der Waals surface area contributed by atoms with Crippen molar-refractivity contribution < 1.29 is 24.0 Å². The summed E-state index contributed by atoms with van der Waals surface area (Å²) in [4.78, 5) is 48.0. The molecule has 1 aliphatic heterocycles. The van der Waals surface area contributed by atoms with Gasteiger partial charge in [-0.2, -0.15) is 0 Å². The zero-order chi connectivity index (χ0) is 21.0. The van der Waals surface area contributed by atoms with Crippen molar-refractivity contribution in [2.45, 2.75) is 13.3 Å². The lowest BCUT2D eigenvalue weighted by molar-refractivity contribution is -0.384. The molecule has 1 saturated heterocycles. The van der Waals surface area contributed by atoms with E-state index < -0.39 is 29.3 Å². The summed E-state index contributed by atoms with van der Waals surface area (Å²) in [5.74, 6) is -2.10. The molecule has 2 amide bonds. The van der Waals surface area contributed by atoms with Crippen molar-refractivity contribution in [1.29, 1.82) is 0 Å². The lowest BCUT2D eigenvalue weighted by Crippen LogP contribution is -2.28. The van der Waals surface area contributed by atoms with E-state index in [0.29, 0.717) is 11.4 Å². The average molecular weight is 397 g/mol. The van der Waals surface area contributed by atoms with Gasteiger partial charge >= 0.3 is 5.97 Å². The summed E-state index contributed by atoms with van der Waals surface area (Å²) in [7, 11) is 0. The van der Waals surface area contributed by atoms with Crippen molar-refractivity contribution in [1.82, 2.24) is 0 Å². The number of carbonyl (C=O) groups excluding carboxylic acids is 3. The molecule has 2 aromatic carbocycles. The molecule has 1 atom stereocenters. The van der Waals surface area contributed by atoms with E-state index in [1.807, 2.05) is 13.0 Å². The standard InChI is InChI=1S/C20H19N3O6/c1-13-3-2-4-15(9-13)21-18(24)12-29-20(26)14-10-19(25)22(11-14)16-5-7-17(8-6-16)23(27)28/h2-9,14H,10-12H2,1H3,(H,21,24)/t14-/m0/s1. The van der Waals surface area contributed by atoms with Crippen molar-refractivity contribution in [3.05, 3.63) is 64.2 Å². The molecule has 29 heavy (non-hydrogen) atoms. The van der Waals surface area contributed by atoms with Gasteiger partial charge < -0.3 is 15.0 Å². The number of carbonyl (C=O) groups is 3. The third-order valence-corrected chi connectivity index (χ3v) is 4.48. The van der Waals surface area contributed by atoms with Gasteiger partial charge in [0.15, 0.2) is 6.61 Å². The second-order valence-electron chi connectivity index (χ2n) is 6.70. The Morgan fingerprint density at radius 1 is 1.24 bits per heavy atom. The smallest absolute Gasteiger partial charge is 0.311 e. The maximum atomic E-state index is 12.3. The normalized spacial score (nSPS) is 15.8. The van der Waals surface area contributed by atoms with Gasteiger partial charge in [0.2, 0.25) is 5.91 Å². The third-order valence-electron chi connectivity index (χ3n) is 4.48. The summed E-state index contributed by atoms with van der Waals surface area (Å²) in [5, 5.41) is 13.4. The third kappa shape index (κ3) is 4.95. The SMILES string of the molecule is Cc1cccc(NC(=O)COC(=O)[C@H]2CC(=O)N(c3ccc([N+](=O)[O-])cc3)C2)c1. The molecule has 0 bridgehead atoms. The summed E-state index contributed by atoms with van der Waals surface area (Å²) < 4.78 is 5.05. The number of anilines is 2. The molecule has 0 spiro atoms.